The number of hydrogen-bond acceptors (Lipinski definition) is 5. The van der Waals surface area contributed by atoms with Crippen LogP contribution in [0, 0.1) is 6.92 Å². The molecule has 3 aromatic rings. The van der Waals surface area contributed by atoms with Crippen molar-refractivity contribution in [1.29, 1.82) is 0 Å². The highest BCUT2D eigenvalue weighted by molar-refractivity contribution is 7.89. The van der Waals surface area contributed by atoms with E-state index in [0.29, 0.717) is 34.1 Å². The molecule has 10 heteroatoms. The molecular weight excluding hydrogens is 478 g/mol. The van der Waals surface area contributed by atoms with E-state index in [0.717, 1.165) is 12.0 Å². The molecule has 0 aliphatic rings. The maximum Gasteiger partial charge on any atom is 0.340 e. The van der Waals surface area contributed by atoms with E-state index < -0.39 is 28.0 Å². The molecule has 4 N–H and O–H groups in total. The van der Waals surface area contributed by atoms with Gasteiger partial charge >= 0.3 is 5.97 Å². The Morgan fingerprint density at radius 3 is 2.24 bits per heavy atom. The summed E-state index contributed by atoms with van der Waals surface area (Å²) in [5.41, 5.74) is 8.27. The maximum atomic E-state index is 13.1. The van der Waals surface area contributed by atoms with Crippen molar-refractivity contribution < 1.29 is 22.7 Å². The number of nitrogens with zero attached hydrogens (tertiary/aromatic N) is 1. The molecule has 1 heterocycles. The summed E-state index contributed by atoms with van der Waals surface area (Å²) >= 11 is 6.04. The number of sulfonamides is 1. The number of rotatable bonds is 9. The highest BCUT2D eigenvalue weighted by atomic mass is 35.5. The highest BCUT2D eigenvalue weighted by Gasteiger charge is 2.24. The van der Waals surface area contributed by atoms with Crippen LogP contribution in [0.25, 0.3) is 16.9 Å². The average molecular weight is 504 g/mol. The minimum absolute atomic E-state index is 0.0254. The molecule has 0 radical (unpaired) electrons. The smallest absolute Gasteiger partial charge is 0.340 e. The Morgan fingerprint density at radius 1 is 1.09 bits per heavy atom. The van der Waals surface area contributed by atoms with Gasteiger partial charge in [0.05, 0.1) is 22.6 Å². The summed E-state index contributed by atoms with van der Waals surface area (Å²) in [5, 5.41) is 5.78. The Kier molecular flexibility index (Phi) is 7.81. The summed E-state index contributed by atoms with van der Waals surface area (Å²) < 4.78 is 30.8. The van der Waals surface area contributed by atoms with Crippen molar-refractivity contribution in [2.24, 2.45) is 10.9 Å². The Morgan fingerprint density at radius 2 is 1.71 bits per heavy atom. The van der Waals surface area contributed by atoms with E-state index in [1.54, 1.807) is 37.3 Å². The Hall–Kier alpha value is -3.14. The number of ether oxygens (including phenoxy) is 1. The van der Waals surface area contributed by atoms with Crippen LogP contribution in [0.1, 0.15) is 42.2 Å². The van der Waals surface area contributed by atoms with Gasteiger partial charge < -0.3 is 15.0 Å². The Balaban J connectivity index is 2.10. The lowest BCUT2D eigenvalue weighted by atomic mass is 10.1. The van der Waals surface area contributed by atoms with Gasteiger partial charge in [0, 0.05) is 16.4 Å². The first-order valence-corrected chi connectivity index (χ1v) is 12.5. The van der Waals surface area contributed by atoms with Gasteiger partial charge in [-0.1, -0.05) is 37.1 Å². The van der Waals surface area contributed by atoms with E-state index >= 15 is 0 Å². The number of halogens is 1. The fourth-order valence-corrected chi connectivity index (χ4v) is 4.37. The molecule has 0 saturated heterocycles. The van der Waals surface area contributed by atoms with E-state index in [9.17, 15) is 18.0 Å². The number of esters is 1. The summed E-state index contributed by atoms with van der Waals surface area (Å²) in [5.74, 6) is -1.12. The number of aromatic nitrogens is 1. The van der Waals surface area contributed by atoms with Crippen LogP contribution in [-0.2, 0) is 19.6 Å². The molecule has 0 saturated carbocycles. The summed E-state index contributed by atoms with van der Waals surface area (Å²) in [6, 6.07) is 14.8. The van der Waals surface area contributed by atoms with Gasteiger partial charge in [0.2, 0.25) is 15.9 Å². The van der Waals surface area contributed by atoms with Crippen LogP contribution in [0.15, 0.2) is 59.5 Å². The van der Waals surface area contributed by atoms with Crippen molar-refractivity contribution >= 4 is 33.5 Å². The fraction of sp³-hybridized carbons (Fsp3) is 0.250. The zero-order chi connectivity index (χ0) is 25.0. The van der Waals surface area contributed by atoms with Gasteiger partial charge in [-0.3, -0.25) is 4.79 Å². The number of primary amides is 1. The fourth-order valence-electron chi connectivity index (χ4n) is 3.73. The molecule has 1 unspecified atom stereocenters. The molecule has 0 fully saturated rings. The number of benzene rings is 2. The molecule has 8 nitrogen and oxygen atoms in total. The number of hydrogen-bond donors (Lipinski definition) is 2. The van der Waals surface area contributed by atoms with Gasteiger partial charge in [0.15, 0.2) is 0 Å². The van der Waals surface area contributed by atoms with Crippen LogP contribution in [0.4, 0.5) is 0 Å². The number of carbonyl (C=O) groups is 2. The first-order valence-electron chi connectivity index (χ1n) is 10.6. The largest absolute Gasteiger partial charge is 0.458 e. The number of amides is 1. The average Bonchev–Trinajstić information content (AvgIpc) is 3.10. The van der Waals surface area contributed by atoms with Crippen LogP contribution in [0.5, 0.6) is 0 Å². The molecule has 34 heavy (non-hydrogen) atoms. The predicted octanol–water partition coefficient (Wildman–Crippen LogP) is 3.95. The lowest BCUT2D eigenvalue weighted by Crippen LogP contribution is -2.25. The quantitative estimate of drug-likeness (QED) is 0.426. The normalized spacial score (nSPS) is 12.4. The first-order chi connectivity index (χ1) is 16.0. The zero-order valence-electron chi connectivity index (χ0n) is 18.8. The van der Waals surface area contributed by atoms with E-state index in [1.165, 1.54) is 12.1 Å². The minimum atomic E-state index is -3.85. The van der Waals surface area contributed by atoms with Gasteiger partial charge in [0.1, 0.15) is 6.10 Å². The molecule has 0 aliphatic heterocycles. The molecule has 1 atom stereocenters. The molecule has 2 aromatic carbocycles. The Labute approximate surface area is 203 Å². The molecule has 1 amide bonds. The standard InChI is InChI=1S/C24H26ClN3O5S/c1-3-4-19(13-23(26)29)33-24(30)21-14-22(16-5-7-17(25)8-6-16)28(15(21)2)18-9-11-20(12-10-18)34(27,31)32/h5-12,14,19H,3-4,13H2,1-2H3,(H2,26,29)(H2,27,31,32). The van der Waals surface area contributed by atoms with Crippen molar-refractivity contribution in [3.8, 4) is 16.9 Å². The topological polar surface area (TPSA) is 134 Å². The van der Waals surface area contributed by atoms with Crippen LogP contribution in [0.2, 0.25) is 5.02 Å². The molecular formula is C24H26ClN3O5S. The van der Waals surface area contributed by atoms with Gasteiger partial charge in [-0.05, 0) is 61.4 Å². The second-order valence-corrected chi connectivity index (χ2v) is 9.89. The predicted molar refractivity (Wildman–Crippen MR) is 130 cm³/mol. The molecule has 180 valence electrons. The summed E-state index contributed by atoms with van der Waals surface area (Å²) in [7, 11) is -3.85. The maximum absolute atomic E-state index is 13.1. The third kappa shape index (κ3) is 5.85. The summed E-state index contributed by atoms with van der Waals surface area (Å²) in [6.45, 7) is 3.68. The van der Waals surface area contributed by atoms with Crippen LogP contribution in [0.3, 0.4) is 0 Å². The zero-order valence-corrected chi connectivity index (χ0v) is 20.4. The number of nitrogens with two attached hydrogens (primary N) is 2. The first kappa shape index (κ1) is 25.5. The van der Waals surface area contributed by atoms with Gasteiger partial charge in [-0.15, -0.1) is 0 Å². The number of carbonyl (C=O) groups excluding carboxylic acids is 2. The van der Waals surface area contributed by atoms with Gasteiger partial charge in [-0.2, -0.15) is 0 Å². The van der Waals surface area contributed by atoms with Crippen molar-refractivity contribution in [2.45, 2.75) is 44.1 Å². The minimum Gasteiger partial charge on any atom is -0.458 e. The second kappa shape index (κ2) is 10.4. The monoisotopic (exact) mass is 503 g/mol. The third-order valence-electron chi connectivity index (χ3n) is 5.34. The van der Waals surface area contributed by atoms with E-state index in [1.807, 2.05) is 23.6 Å². The molecule has 1 aromatic heterocycles. The van der Waals surface area contributed by atoms with Crippen molar-refractivity contribution in [1.82, 2.24) is 4.57 Å². The van der Waals surface area contributed by atoms with Crippen molar-refractivity contribution in [2.75, 3.05) is 0 Å². The summed E-state index contributed by atoms with van der Waals surface area (Å²) in [6.07, 6.45) is 0.551. The van der Waals surface area contributed by atoms with Crippen LogP contribution in [-0.4, -0.2) is 31.0 Å². The van der Waals surface area contributed by atoms with E-state index in [2.05, 4.69) is 0 Å². The van der Waals surface area contributed by atoms with E-state index in [4.69, 9.17) is 27.2 Å². The highest BCUT2D eigenvalue weighted by Crippen LogP contribution is 2.31. The van der Waals surface area contributed by atoms with Gasteiger partial charge in [-0.25, -0.2) is 18.4 Å². The van der Waals surface area contributed by atoms with Crippen LogP contribution >= 0.6 is 11.6 Å². The molecule has 0 aliphatic carbocycles. The lowest BCUT2D eigenvalue weighted by molar-refractivity contribution is -0.120. The molecule has 0 bridgehead atoms. The second-order valence-electron chi connectivity index (χ2n) is 7.90. The van der Waals surface area contributed by atoms with E-state index in [-0.39, 0.29) is 11.3 Å². The third-order valence-corrected chi connectivity index (χ3v) is 6.52. The SMILES string of the molecule is CCCC(CC(N)=O)OC(=O)c1cc(-c2ccc(Cl)cc2)n(-c2ccc(S(N)(=O)=O)cc2)c1C. The van der Waals surface area contributed by atoms with Gasteiger partial charge in [0.25, 0.3) is 0 Å². The van der Waals surface area contributed by atoms with Crippen molar-refractivity contribution in [3.05, 3.63) is 70.9 Å². The number of primary sulfonamides is 1. The molecule has 0 spiro atoms. The van der Waals surface area contributed by atoms with Crippen LogP contribution < -0.4 is 10.9 Å². The summed E-state index contributed by atoms with van der Waals surface area (Å²) in [4.78, 5) is 24.5. The lowest BCUT2D eigenvalue weighted by Gasteiger charge is -2.16. The van der Waals surface area contributed by atoms with Crippen molar-refractivity contribution in [3.63, 3.8) is 0 Å². The Bertz CT molecular complexity index is 1300. The molecule has 3 rings (SSSR count).